The number of hydrogen-bond acceptors (Lipinski definition) is 2. The van der Waals surface area contributed by atoms with Crippen molar-refractivity contribution in [3.63, 3.8) is 0 Å². The lowest BCUT2D eigenvalue weighted by Crippen LogP contribution is -2.13. The van der Waals surface area contributed by atoms with Gasteiger partial charge in [0.2, 0.25) is 0 Å². The van der Waals surface area contributed by atoms with Crippen molar-refractivity contribution in [3.8, 4) is 0 Å². The Morgan fingerprint density at radius 3 is 2.45 bits per heavy atom. The molecule has 0 spiro atoms. The zero-order valence-corrected chi connectivity index (χ0v) is 11.2. The third-order valence-corrected chi connectivity index (χ3v) is 3.10. The number of aromatic nitrogens is 1. The summed E-state index contributed by atoms with van der Waals surface area (Å²) in [5, 5.41) is 2.83. The lowest BCUT2D eigenvalue weighted by molar-refractivity contribution is -0.136. The number of alkyl halides is 3. The number of rotatable bonds is 4. The van der Waals surface area contributed by atoms with E-state index in [4.69, 9.17) is 11.6 Å². The van der Waals surface area contributed by atoms with E-state index in [0.29, 0.717) is 13.0 Å². The molecule has 0 saturated heterocycles. The van der Waals surface area contributed by atoms with Gasteiger partial charge in [-0.1, -0.05) is 17.7 Å². The highest BCUT2D eigenvalue weighted by molar-refractivity contribution is 6.33. The predicted octanol–water partition coefficient (Wildman–Crippen LogP) is 4.41. The molecule has 0 aliphatic carbocycles. The summed E-state index contributed by atoms with van der Waals surface area (Å²) in [5.41, 5.74) is 0.170. The van der Waals surface area contributed by atoms with Gasteiger partial charge in [-0.25, -0.2) is 0 Å². The summed E-state index contributed by atoms with van der Waals surface area (Å²) in [7, 11) is 0. The highest BCUT2D eigenvalue weighted by Gasteiger charge is 2.34. The average molecular weight is 301 g/mol. The molecule has 0 amide bonds. The van der Waals surface area contributed by atoms with Crippen molar-refractivity contribution in [3.05, 3.63) is 58.9 Å². The molecule has 0 unspecified atom stereocenters. The Hall–Kier alpha value is -1.75. The Morgan fingerprint density at radius 1 is 1.10 bits per heavy atom. The third-order valence-electron chi connectivity index (χ3n) is 2.78. The summed E-state index contributed by atoms with van der Waals surface area (Å²) in [4.78, 5) is 3.88. The summed E-state index contributed by atoms with van der Waals surface area (Å²) in [6, 6.07) is 7.38. The van der Waals surface area contributed by atoms with E-state index in [0.717, 1.165) is 11.6 Å². The van der Waals surface area contributed by atoms with Gasteiger partial charge in [-0.15, -0.1) is 0 Å². The number of hydrogen-bond donors (Lipinski definition) is 1. The smallest absolute Gasteiger partial charge is 0.383 e. The fourth-order valence-corrected chi connectivity index (χ4v) is 2.06. The monoisotopic (exact) mass is 300 g/mol. The van der Waals surface area contributed by atoms with Crippen LogP contribution in [-0.2, 0) is 12.6 Å². The normalized spacial score (nSPS) is 11.4. The number of pyridine rings is 1. The van der Waals surface area contributed by atoms with Gasteiger partial charge in [0, 0.05) is 18.9 Å². The van der Waals surface area contributed by atoms with E-state index in [2.05, 4.69) is 10.3 Å². The maximum Gasteiger partial charge on any atom is 0.418 e. The molecule has 1 aromatic heterocycles. The van der Waals surface area contributed by atoms with Crippen LogP contribution in [0.25, 0.3) is 0 Å². The number of nitrogens with one attached hydrogen (secondary N) is 1. The van der Waals surface area contributed by atoms with E-state index >= 15 is 0 Å². The molecule has 0 bridgehead atoms. The van der Waals surface area contributed by atoms with E-state index in [1.165, 1.54) is 12.1 Å². The molecule has 1 N–H and O–H groups in total. The molecular weight excluding hydrogens is 289 g/mol. The van der Waals surface area contributed by atoms with Crippen LogP contribution < -0.4 is 5.32 Å². The zero-order valence-electron chi connectivity index (χ0n) is 10.4. The van der Waals surface area contributed by atoms with Gasteiger partial charge >= 0.3 is 6.18 Å². The Balaban J connectivity index is 2.10. The first-order valence-corrected chi connectivity index (χ1v) is 6.35. The molecule has 0 fully saturated rings. The van der Waals surface area contributed by atoms with Crippen LogP contribution in [0.4, 0.5) is 18.9 Å². The van der Waals surface area contributed by atoms with Gasteiger partial charge in [0.05, 0.1) is 16.3 Å². The van der Waals surface area contributed by atoms with Gasteiger partial charge in [-0.2, -0.15) is 13.2 Å². The van der Waals surface area contributed by atoms with Crippen molar-refractivity contribution >= 4 is 17.3 Å². The van der Waals surface area contributed by atoms with E-state index in [1.54, 1.807) is 12.4 Å². The molecule has 0 aliphatic rings. The molecule has 0 radical (unpaired) electrons. The van der Waals surface area contributed by atoms with E-state index in [-0.39, 0.29) is 10.7 Å². The fraction of sp³-hybridized carbons (Fsp3) is 0.214. The van der Waals surface area contributed by atoms with Crippen molar-refractivity contribution in [1.82, 2.24) is 4.98 Å². The Kier molecular flexibility index (Phi) is 4.49. The van der Waals surface area contributed by atoms with Gasteiger partial charge in [0.25, 0.3) is 0 Å². The van der Waals surface area contributed by atoms with Crippen LogP contribution in [0.5, 0.6) is 0 Å². The van der Waals surface area contributed by atoms with Crippen molar-refractivity contribution < 1.29 is 13.2 Å². The summed E-state index contributed by atoms with van der Waals surface area (Å²) in [5.74, 6) is 0. The third kappa shape index (κ3) is 3.63. The summed E-state index contributed by atoms with van der Waals surface area (Å²) >= 11 is 5.84. The second-order valence-electron chi connectivity index (χ2n) is 4.19. The predicted molar refractivity (Wildman–Crippen MR) is 72.9 cm³/mol. The molecule has 1 heterocycles. The zero-order chi connectivity index (χ0) is 14.6. The minimum absolute atomic E-state index is 0.0644. The summed E-state index contributed by atoms with van der Waals surface area (Å²) < 4.78 is 38.6. The van der Waals surface area contributed by atoms with E-state index < -0.39 is 11.7 Å². The first-order valence-electron chi connectivity index (χ1n) is 5.97. The lowest BCUT2D eigenvalue weighted by atomic mass is 10.1. The molecule has 2 aromatic rings. The number of halogens is 4. The molecule has 2 rings (SSSR count). The minimum atomic E-state index is -4.43. The average Bonchev–Trinajstić information content (AvgIpc) is 2.40. The second-order valence-corrected chi connectivity index (χ2v) is 4.60. The molecule has 1 aromatic carbocycles. The van der Waals surface area contributed by atoms with Gasteiger partial charge in [-0.3, -0.25) is 4.98 Å². The van der Waals surface area contributed by atoms with Crippen molar-refractivity contribution in [1.29, 1.82) is 0 Å². The Morgan fingerprint density at radius 2 is 1.80 bits per heavy atom. The van der Waals surface area contributed by atoms with Crippen molar-refractivity contribution in [2.24, 2.45) is 0 Å². The molecule has 0 aliphatic heterocycles. The maximum atomic E-state index is 12.9. The van der Waals surface area contributed by atoms with Crippen LogP contribution in [0, 0.1) is 0 Å². The molecule has 106 valence electrons. The van der Waals surface area contributed by atoms with Gasteiger partial charge in [0.1, 0.15) is 0 Å². The molecule has 20 heavy (non-hydrogen) atoms. The molecule has 2 nitrogen and oxygen atoms in total. The maximum absolute atomic E-state index is 12.9. The topological polar surface area (TPSA) is 24.9 Å². The first kappa shape index (κ1) is 14.7. The van der Waals surface area contributed by atoms with E-state index in [9.17, 15) is 13.2 Å². The number of nitrogens with zero attached hydrogens (tertiary/aromatic N) is 1. The quantitative estimate of drug-likeness (QED) is 0.905. The Bertz CT molecular complexity index is 570. The molecule has 0 saturated carbocycles. The number of anilines is 1. The highest BCUT2D eigenvalue weighted by Crippen LogP contribution is 2.38. The first-order chi connectivity index (χ1) is 9.48. The van der Waals surface area contributed by atoms with Crippen molar-refractivity contribution in [2.45, 2.75) is 12.6 Å². The van der Waals surface area contributed by atoms with Crippen LogP contribution in [0.3, 0.4) is 0 Å². The van der Waals surface area contributed by atoms with E-state index in [1.807, 2.05) is 12.1 Å². The highest BCUT2D eigenvalue weighted by atomic mass is 35.5. The summed E-state index contributed by atoms with van der Waals surface area (Å²) in [6.45, 7) is 0.358. The Labute approximate surface area is 119 Å². The molecular formula is C14H12ClF3N2. The van der Waals surface area contributed by atoms with Gasteiger partial charge in [0.15, 0.2) is 0 Å². The standard InChI is InChI=1S/C14H12ClF3N2/c15-12-3-1-2-11(14(16,17)18)13(12)20-9-6-10-4-7-19-8-5-10/h1-5,7-8,20H,6,9H2. The number of benzene rings is 1. The summed E-state index contributed by atoms with van der Waals surface area (Å²) in [6.07, 6.45) is -0.549. The van der Waals surface area contributed by atoms with Crippen LogP contribution in [-0.4, -0.2) is 11.5 Å². The fourth-order valence-electron chi connectivity index (χ4n) is 1.82. The van der Waals surface area contributed by atoms with Gasteiger partial charge in [-0.05, 0) is 36.2 Å². The van der Waals surface area contributed by atoms with Crippen molar-refractivity contribution in [2.75, 3.05) is 11.9 Å². The second kappa shape index (κ2) is 6.13. The largest absolute Gasteiger partial charge is 0.418 e. The molecule has 6 heteroatoms. The molecule has 0 atom stereocenters. The minimum Gasteiger partial charge on any atom is -0.383 e. The SMILES string of the molecule is FC(F)(F)c1cccc(Cl)c1NCCc1ccncc1. The number of para-hydroxylation sites is 1. The van der Waals surface area contributed by atoms with Gasteiger partial charge < -0.3 is 5.32 Å². The lowest BCUT2D eigenvalue weighted by Gasteiger charge is -2.15. The van der Waals surface area contributed by atoms with Crippen LogP contribution in [0.1, 0.15) is 11.1 Å². The van der Waals surface area contributed by atoms with Crippen LogP contribution in [0.15, 0.2) is 42.7 Å². The van der Waals surface area contributed by atoms with Crippen LogP contribution >= 0.6 is 11.6 Å². The van der Waals surface area contributed by atoms with Crippen LogP contribution in [0.2, 0.25) is 5.02 Å².